The fraction of sp³-hybridized carbons (Fsp3) is 0.350. The number of halogens is 4. The molecule has 0 aliphatic rings. The zero-order valence-electron chi connectivity index (χ0n) is 15.8. The van der Waals surface area contributed by atoms with E-state index in [1.54, 1.807) is 19.9 Å². The van der Waals surface area contributed by atoms with Gasteiger partial charge in [0, 0.05) is 18.5 Å². The number of hydrogen-bond acceptors (Lipinski definition) is 5. The first-order chi connectivity index (χ1) is 13.5. The number of rotatable bonds is 7. The maximum atomic E-state index is 13.4. The van der Waals surface area contributed by atoms with Crippen LogP contribution in [0.1, 0.15) is 52.6 Å². The lowest BCUT2D eigenvalue weighted by Crippen LogP contribution is -2.13. The third-order valence-corrected chi connectivity index (χ3v) is 4.80. The maximum Gasteiger partial charge on any atom is 0.416 e. The Morgan fingerprint density at radius 3 is 2.55 bits per heavy atom. The second kappa shape index (κ2) is 9.39. The molecule has 0 radical (unpaired) electrons. The Hall–Kier alpha value is -2.42. The van der Waals surface area contributed by atoms with Crippen LogP contribution in [0, 0.1) is 6.92 Å². The molecule has 0 fully saturated rings. The van der Waals surface area contributed by atoms with Gasteiger partial charge in [-0.3, -0.25) is 9.59 Å². The van der Waals surface area contributed by atoms with Gasteiger partial charge in [0.25, 0.3) is 0 Å². The molecule has 0 aliphatic heterocycles. The first-order valence-corrected chi connectivity index (χ1v) is 9.56. The molecule has 9 heteroatoms. The van der Waals surface area contributed by atoms with Crippen LogP contribution in [-0.2, 0) is 22.1 Å². The van der Waals surface area contributed by atoms with Crippen molar-refractivity contribution in [2.45, 2.75) is 39.3 Å². The number of aromatic hydroxyl groups is 1. The normalized spacial score (nSPS) is 11.4. The molecular weight excluding hydrogens is 455 g/mol. The second-order valence-electron chi connectivity index (χ2n) is 6.30. The minimum Gasteiger partial charge on any atom is -0.504 e. The molecule has 5 nitrogen and oxygen atoms in total. The van der Waals surface area contributed by atoms with Crippen molar-refractivity contribution in [2.75, 3.05) is 6.61 Å². The number of carbonyl (C=O) groups is 2. The van der Waals surface area contributed by atoms with Gasteiger partial charge in [-0.25, -0.2) is 4.98 Å². The van der Waals surface area contributed by atoms with Gasteiger partial charge in [-0.1, -0.05) is 12.1 Å². The van der Waals surface area contributed by atoms with Crippen LogP contribution in [0.25, 0.3) is 0 Å². The minimum atomic E-state index is -4.53. The monoisotopic (exact) mass is 473 g/mol. The largest absolute Gasteiger partial charge is 0.504 e. The van der Waals surface area contributed by atoms with Crippen molar-refractivity contribution in [1.29, 1.82) is 0 Å². The molecule has 2 aromatic rings. The first-order valence-electron chi connectivity index (χ1n) is 8.77. The highest BCUT2D eigenvalue weighted by Crippen LogP contribution is 2.35. The van der Waals surface area contributed by atoms with E-state index in [9.17, 15) is 27.9 Å². The zero-order valence-corrected chi connectivity index (χ0v) is 17.4. The number of nitrogens with zero attached hydrogens (tertiary/aromatic N) is 1. The summed E-state index contributed by atoms with van der Waals surface area (Å²) in [6.07, 6.45) is -5.15. The van der Waals surface area contributed by atoms with E-state index < -0.39 is 29.2 Å². The van der Waals surface area contributed by atoms with Gasteiger partial charge in [0.15, 0.2) is 11.5 Å². The van der Waals surface area contributed by atoms with Crippen LogP contribution in [-0.4, -0.2) is 28.4 Å². The van der Waals surface area contributed by atoms with Crippen molar-refractivity contribution in [2.24, 2.45) is 0 Å². The average molecular weight is 474 g/mol. The molecule has 156 valence electrons. The Morgan fingerprint density at radius 1 is 1.24 bits per heavy atom. The molecule has 0 bridgehead atoms. The molecule has 0 atom stereocenters. The van der Waals surface area contributed by atoms with Gasteiger partial charge < -0.3 is 9.84 Å². The summed E-state index contributed by atoms with van der Waals surface area (Å²) >= 11 is 3.10. The number of ketones is 1. The smallest absolute Gasteiger partial charge is 0.416 e. The third-order valence-electron chi connectivity index (χ3n) is 4.20. The molecule has 2 rings (SSSR count). The molecule has 0 spiro atoms. The Morgan fingerprint density at radius 2 is 1.93 bits per heavy atom. The summed E-state index contributed by atoms with van der Waals surface area (Å²) in [6, 6.07) is 5.24. The van der Waals surface area contributed by atoms with Crippen molar-refractivity contribution >= 4 is 27.7 Å². The van der Waals surface area contributed by atoms with Crippen LogP contribution in [0.15, 0.2) is 28.7 Å². The zero-order chi connectivity index (χ0) is 21.8. The number of alkyl halides is 3. The van der Waals surface area contributed by atoms with Gasteiger partial charge >= 0.3 is 12.1 Å². The van der Waals surface area contributed by atoms with E-state index >= 15 is 0 Å². The molecule has 29 heavy (non-hydrogen) atoms. The van der Waals surface area contributed by atoms with Crippen molar-refractivity contribution in [3.8, 4) is 5.75 Å². The van der Waals surface area contributed by atoms with Crippen LogP contribution in [0.4, 0.5) is 13.2 Å². The number of benzene rings is 1. The number of ether oxygens (including phenoxy) is 1. The van der Waals surface area contributed by atoms with Crippen LogP contribution < -0.4 is 0 Å². The summed E-state index contributed by atoms with van der Waals surface area (Å²) < 4.78 is 44.9. The van der Waals surface area contributed by atoms with Crippen LogP contribution >= 0.6 is 15.9 Å². The first kappa shape index (κ1) is 22.9. The third kappa shape index (κ3) is 5.79. The van der Waals surface area contributed by atoms with Crippen LogP contribution in [0.3, 0.4) is 0 Å². The quantitative estimate of drug-likeness (QED) is 0.452. The summed E-state index contributed by atoms with van der Waals surface area (Å²) in [6.45, 7) is 3.37. The lowest BCUT2D eigenvalue weighted by atomic mass is 9.96. The highest BCUT2D eigenvalue weighted by atomic mass is 79.9. The molecule has 0 unspecified atom stereocenters. The van der Waals surface area contributed by atoms with Crippen LogP contribution in [0.2, 0.25) is 0 Å². The SMILES string of the molecule is CCOC(=O)CCC(=O)c1nc(Cc2c(C)cccc2C(F)(F)F)cc(Br)c1O. The van der Waals surface area contributed by atoms with Crippen molar-refractivity contribution in [3.63, 3.8) is 0 Å². The summed E-state index contributed by atoms with van der Waals surface area (Å²) in [7, 11) is 0. The Labute approximate surface area is 174 Å². The lowest BCUT2D eigenvalue weighted by molar-refractivity contribution is -0.143. The van der Waals surface area contributed by atoms with Crippen molar-refractivity contribution in [3.05, 3.63) is 56.8 Å². The predicted octanol–water partition coefficient (Wildman–Crippen LogP) is 4.99. The Kier molecular flexibility index (Phi) is 7.40. The lowest BCUT2D eigenvalue weighted by Gasteiger charge is -2.16. The molecule has 0 amide bonds. The van der Waals surface area contributed by atoms with Crippen molar-refractivity contribution in [1.82, 2.24) is 4.98 Å². The highest BCUT2D eigenvalue weighted by Gasteiger charge is 2.34. The number of esters is 1. The van der Waals surface area contributed by atoms with Crippen molar-refractivity contribution < 1.29 is 32.6 Å². The molecule has 1 heterocycles. The molecule has 1 N–H and O–H groups in total. The Balaban J connectivity index is 2.36. The van der Waals surface area contributed by atoms with Gasteiger partial charge in [-0.2, -0.15) is 13.2 Å². The summed E-state index contributed by atoms with van der Waals surface area (Å²) in [5.74, 6) is -1.60. The fourth-order valence-corrected chi connectivity index (χ4v) is 3.24. The van der Waals surface area contributed by atoms with E-state index in [4.69, 9.17) is 4.74 Å². The maximum absolute atomic E-state index is 13.4. The topological polar surface area (TPSA) is 76.5 Å². The van der Waals surface area contributed by atoms with Gasteiger partial charge in [-0.15, -0.1) is 0 Å². The Bertz CT molecular complexity index is 929. The van der Waals surface area contributed by atoms with E-state index in [-0.39, 0.29) is 47.3 Å². The molecule has 0 saturated heterocycles. The molecule has 1 aromatic heterocycles. The number of Topliss-reactive ketones (excluding diaryl/α,β-unsaturated/α-hetero) is 1. The summed E-state index contributed by atoms with van der Waals surface area (Å²) in [5, 5.41) is 10.1. The minimum absolute atomic E-state index is 0.0370. The number of aromatic nitrogens is 1. The number of hydrogen-bond donors (Lipinski definition) is 1. The van der Waals surface area contributed by atoms with Gasteiger partial charge in [0.1, 0.15) is 5.69 Å². The number of aryl methyl sites for hydroxylation is 1. The highest BCUT2D eigenvalue weighted by molar-refractivity contribution is 9.10. The van der Waals surface area contributed by atoms with E-state index in [0.717, 1.165) is 6.07 Å². The van der Waals surface area contributed by atoms with Gasteiger partial charge in [-0.05, 0) is 53.0 Å². The summed E-state index contributed by atoms with van der Waals surface area (Å²) in [5.41, 5.74) is -0.440. The predicted molar refractivity (Wildman–Crippen MR) is 103 cm³/mol. The van der Waals surface area contributed by atoms with Crippen LogP contribution in [0.5, 0.6) is 5.75 Å². The van der Waals surface area contributed by atoms with E-state index in [1.165, 1.54) is 12.1 Å². The number of carbonyl (C=O) groups excluding carboxylic acids is 2. The van der Waals surface area contributed by atoms with E-state index in [0.29, 0.717) is 5.56 Å². The van der Waals surface area contributed by atoms with E-state index in [1.807, 2.05) is 0 Å². The van der Waals surface area contributed by atoms with Gasteiger partial charge in [0.2, 0.25) is 0 Å². The fourth-order valence-electron chi connectivity index (χ4n) is 2.79. The standard InChI is InChI=1S/C20H19BrF3NO4/c1-3-29-17(27)8-7-16(26)18-19(28)15(21)10-12(25-18)9-13-11(2)5-4-6-14(13)20(22,23)24/h4-6,10,28H,3,7-9H2,1-2H3. The second-order valence-corrected chi connectivity index (χ2v) is 7.15. The summed E-state index contributed by atoms with van der Waals surface area (Å²) in [4.78, 5) is 27.9. The average Bonchev–Trinajstić information content (AvgIpc) is 2.63. The number of pyridine rings is 1. The molecule has 0 saturated carbocycles. The van der Waals surface area contributed by atoms with Gasteiger partial charge in [0.05, 0.1) is 23.1 Å². The van der Waals surface area contributed by atoms with E-state index in [2.05, 4.69) is 20.9 Å². The molecule has 0 aliphatic carbocycles. The molecule has 1 aromatic carbocycles. The molecular formula is C20H19BrF3NO4.